The number of nitrogens with one attached hydrogen (secondary N) is 1. The molecular formula is C26H34N8O3. The van der Waals surface area contributed by atoms with Crippen molar-refractivity contribution in [2.75, 3.05) is 6.54 Å². The number of aliphatic hydroxyl groups is 1. The lowest BCUT2D eigenvalue weighted by atomic mass is 9.85. The van der Waals surface area contributed by atoms with Gasteiger partial charge in [-0.2, -0.15) is 0 Å². The molecule has 2 unspecified atom stereocenters. The summed E-state index contributed by atoms with van der Waals surface area (Å²) in [6, 6.07) is 8.25. The fraction of sp³-hybridized carbons (Fsp3) is 0.538. The van der Waals surface area contributed by atoms with Gasteiger partial charge in [0.1, 0.15) is 12.1 Å². The number of benzene rings is 1. The Morgan fingerprint density at radius 2 is 1.86 bits per heavy atom. The van der Waals surface area contributed by atoms with E-state index in [0.717, 1.165) is 24.1 Å². The summed E-state index contributed by atoms with van der Waals surface area (Å²) in [6.45, 7) is 6.15. The Morgan fingerprint density at radius 1 is 1.14 bits per heavy atom. The van der Waals surface area contributed by atoms with Crippen LogP contribution in [0.2, 0.25) is 0 Å². The van der Waals surface area contributed by atoms with Gasteiger partial charge in [-0.05, 0) is 18.3 Å². The number of carbonyl (C=O) groups is 2. The SMILES string of the molecule is Cn1c(CNC(=O)C2CC(O)CN2C(=O)[C@@H](n2cc(C3CC3)nn2)C(C)(C)C)nnc1-c1ccccc1. The molecule has 2 fully saturated rings. The molecule has 37 heavy (non-hydrogen) atoms. The Kier molecular flexibility index (Phi) is 6.57. The van der Waals surface area contributed by atoms with E-state index in [1.54, 1.807) is 4.68 Å². The van der Waals surface area contributed by atoms with Gasteiger partial charge in [0.2, 0.25) is 11.8 Å². The predicted octanol–water partition coefficient (Wildman–Crippen LogP) is 1.82. The van der Waals surface area contributed by atoms with Gasteiger partial charge in [0.05, 0.1) is 18.3 Å². The highest BCUT2D eigenvalue weighted by Gasteiger charge is 2.45. The van der Waals surface area contributed by atoms with Crippen LogP contribution in [-0.4, -0.2) is 70.3 Å². The number of likely N-dealkylation sites (tertiary alicyclic amines) is 1. The van der Waals surface area contributed by atoms with Crippen LogP contribution in [0.4, 0.5) is 0 Å². The van der Waals surface area contributed by atoms with Gasteiger partial charge >= 0.3 is 0 Å². The Bertz CT molecular complexity index is 1270. The first-order valence-electron chi connectivity index (χ1n) is 12.7. The van der Waals surface area contributed by atoms with Gasteiger partial charge in [0, 0.05) is 37.7 Å². The monoisotopic (exact) mass is 506 g/mol. The molecule has 1 aliphatic heterocycles. The van der Waals surface area contributed by atoms with Crippen LogP contribution in [0.3, 0.4) is 0 Å². The molecule has 196 valence electrons. The van der Waals surface area contributed by atoms with Gasteiger partial charge in [0.15, 0.2) is 11.6 Å². The average molecular weight is 507 g/mol. The zero-order chi connectivity index (χ0) is 26.3. The highest BCUT2D eigenvalue weighted by atomic mass is 16.3. The topological polar surface area (TPSA) is 131 Å². The Labute approximate surface area is 215 Å². The third kappa shape index (κ3) is 5.13. The molecule has 3 aromatic rings. The van der Waals surface area contributed by atoms with E-state index >= 15 is 0 Å². The lowest BCUT2D eigenvalue weighted by Crippen LogP contribution is -2.50. The van der Waals surface area contributed by atoms with Gasteiger partial charge in [0.25, 0.3) is 0 Å². The number of aliphatic hydroxyl groups excluding tert-OH is 1. The van der Waals surface area contributed by atoms with E-state index < -0.39 is 23.6 Å². The minimum atomic E-state index is -0.791. The molecule has 3 atom stereocenters. The summed E-state index contributed by atoms with van der Waals surface area (Å²) in [6.07, 6.45) is 3.42. The van der Waals surface area contributed by atoms with Crippen LogP contribution in [0.15, 0.2) is 36.5 Å². The van der Waals surface area contributed by atoms with Gasteiger partial charge in [-0.3, -0.25) is 9.59 Å². The van der Waals surface area contributed by atoms with Crippen molar-refractivity contribution >= 4 is 11.8 Å². The van der Waals surface area contributed by atoms with Crippen molar-refractivity contribution in [3.05, 3.63) is 48.0 Å². The maximum Gasteiger partial charge on any atom is 0.248 e. The number of carbonyl (C=O) groups excluding carboxylic acids is 2. The molecule has 2 amide bonds. The van der Waals surface area contributed by atoms with E-state index in [0.29, 0.717) is 17.6 Å². The first-order chi connectivity index (χ1) is 17.6. The van der Waals surface area contributed by atoms with Gasteiger partial charge in [-0.1, -0.05) is 56.3 Å². The Hall–Kier alpha value is -3.60. The standard InChI is InChI=1S/C26H34N8O3/c1-26(2,3)22(34-15-19(28-31-34)16-10-11-16)25(37)33-14-18(35)12-20(33)24(36)27-13-21-29-30-23(32(21)4)17-8-6-5-7-9-17/h5-9,15-16,18,20,22,35H,10-14H2,1-4H3,(H,27,36)/t18?,20?,22-/m1/s1. The number of rotatable bonds is 7. The molecular weight excluding hydrogens is 472 g/mol. The number of nitrogens with zero attached hydrogens (tertiary/aromatic N) is 7. The summed E-state index contributed by atoms with van der Waals surface area (Å²) in [5.41, 5.74) is 1.35. The summed E-state index contributed by atoms with van der Waals surface area (Å²) in [7, 11) is 1.85. The Balaban J connectivity index is 1.31. The zero-order valence-corrected chi connectivity index (χ0v) is 21.7. The highest BCUT2D eigenvalue weighted by molar-refractivity contribution is 5.90. The van der Waals surface area contributed by atoms with Crippen LogP contribution >= 0.6 is 0 Å². The number of hydrogen-bond acceptors (Lipinski definition) is 7. The van der Waals surface area contributed by atoms with Crippen molar-refractivity contribution in [2.24, 2.45) is 12.5 Å². The maximum atomic E-state index is 13.9. The van der Waals surface area contributed by atoms with E-state index in [1.807, 2.05) is 68.9 Å². The van der Waals surface area contributed by atoms with Crippen molar-refractivity contribution in [3.63, 3.8) is 0 Å². The number of aromatic nitrogens is 6. The van der Waals surface area contributed by atoms with Crippen molar-refractivity contribution < 1.29 is 14.7 Å². The normalized spacial score (nSPS) is 20.7. The summed E-state index contributed by atoms with van der Waals surface area (Å²) in [4.78, 5) is 28.6. The smallest absolute Gasteiger partial charge is 0.248 e. The van der Waals surface area contributed by atoms with E-state index in [2.05, 4.69) is 25.8 Å². The largest absolute Gasteiger partial charge is 0.391 e. The Morgan fingerprint density at radius 3 is 2.54 bits per heavy atom. The first kappa shape index (κ1) is 25.1. The quantitative estimate of drug-likeness (QED) is 0.500. The molecule has 11 heteroatoms. The minimum Gasteiger partial charge on any atom is -0.391 e. The third-order valence-electron chi connectivity index (χ3n) is 7.12. The van der Waals surface area contributed by atoms with Crippen LogP contribution in [0, 0.1) is 5.41 Å². The summed E-state index contributed by atoms with van der Waals surface area (Å²) in [5, 5.41) is 30.4. The second-order valence-electron chi connectivity index (χ2n) is 11.1. The summed E-state index contributed by atoms with van der Waals surface area (Å²) < 4.78 is 3.46. The molecule has 3 heterocycles. The van der Waals surface area contributed by atoms with Crippen LogP contribution < -0.4 is 5.32 Å². The van der Waals surface area contributed by atoms with Crippen molar-refractivity contribution in [2.45, 2.75) is 70.7 Å². The molecule has 1 aliphatic carbocycles. The highest BCUT2D eigenvalue weighted by Crippen LogP contribution is 2.40. The van der Waals surface area contributed by atoms with Gasteiger partial charge in [-0.25, -0.2) is 4.68 Å². The number of β-amino-alcohol motifs (C(OH)–C–C–N with tert-alkyl or cyclic N) is 1. The molecule has 2 aliphatic rings. The van der Waals surface area contributed by atoms with E-state index in [1.165, 1.54) is 4.90 Å². The van der Waals surface area contributed by atoms with Crippen LogP contribution in [0.5, 0.6) is 0 Å². The molecule has 1 saturated carbocycles. The molecule has 0 radical (unpaired) electrons. The lowest BCUT2D eigenvalue weighted by molar-refractivity contribution is -0.144. The number of amides is 2. The van der Waals surface area contributed by atoms with Gasteiger partial charge in [-0.15, -0.1) is 15.3 Å². The minimum absolute atomic E-state index is 0.0931. The van der Waals surface area contributed by atoms with Gasteiger partial charge < -0.3 is 19.9 Å². The molecule has 5 rings (SSSR count). The number of hydrogen-bond donors (Lipinski definition) is 2. The molecule has 0 spiro atoms. The summed E-state index contributed by atoms with van der Waals surface area (Å²) in [5.74, 6) is 1.12. The zero-order valence-electron chi connectivity index (χ0n) is 21.7. The van der Waals surface area contributed by atoms with E-state index in [-0.39, 0.29) is 31.3 Å². The second kappa shape index (κ2) is 9.70. The van der Waals surface area contributed by atoms with E-state index in [4.69, 9.17) is 0 Å². The molecule has 11 nitrogen and oxygen atoms in total. The fourth-order valence-electron chi connectivity index (χ4n) is 4.96. The molecule has 2 N–H and O–H groups in total. The summed E-state index contributed by atoms with van der Waals surface area (Å²) >= 11 is 0. The molecule has 1 saturated heterocycles. The van der Waals surface area contributed by atoms with Crippen molar-refractivity contribution in [1.82, 2.24) is 40.0 Å². The van der Waals surface area contributed by atoms with Crippen LogP contribution in [0.1, 0.15) is 63.5 Å². The molecule has 0 bridgehead atoms. The van der Waals surface area contributed by atoms with Crippen molar-refractivity contribution in [3.8, 4) is 11.4 Å². The second-order valence-corrected chi connectivity index (χ2v) is 11.1. The average Bonchev–Trinajstić information content (AvgIpc) is 3.28. The molecule has 1 aromatic carbocycles. The van der Waals surface area contributed by atoms with E-state index in [9.17, 15) is 14.7 Å². The maximum absolute atomic E-state index is 13.9. The third-order valence-corrected chi connectivity index (χ3v) is 7.12. The van der Waals surface area contributed by atoms with Crippen LogP contribution in [-0.2, 0) is 23.2 Å². The van der Waals surface area contributed by atoms with Crippen molar-refractivity contribution in [1.29, 1.82) is 0 Å². The molecule has 2 aromatic heterocycles. The fourth-order valence-corrected chi connectivity index (χ4v) is 4.96. The lowest BCUT2D eigenvalue weighted by Gasteiger charge is -2.34. The predicted molar refractivity (Wildman–Crippen MR) is 135 cm³/mol. The first-order valence-corrected chi connectivity index (χ1v) is 12.7. The van der Waals surface area contributed by atoms with Crippen LogP contribution in [0.25, 0.3) is 11.4 Å².